The molecular formula is C11H18F4N2O2. The Kier molecular flexibility index (Phi) is 5.99. The van der Waals surface area contributed by atoms with Gasteiger partial charge in [0.2, 0.25) is 5.91 Å². The maximum absolute atomic E-state index is 12.7. The first kappa shape index (κ1) is 16.2. The molecule has 1 aliphatic heterocycles. The van der Waals surface area contributed by atoms with Crippen LogP contribution in [0.25, 0.3) is 0 Å². The molecule has 0 bridgehead atoms. The van der Waals surface area contributed by atoms with Crippen molar-refractivity contribution in [3.05, 3.63) is 0 Å². The zero-order valence-corrected chi connectivity index (χ0v) is 10.6. The maximum Gasteiger partial charge on any atom is 0.324 e. The topological polar surface area (TPSA) is 50.4 Å². The average Bonchev–Trinajstić information content (AvgIpc) is 2.81. The molecule has 2 atom stereocenters. The van der Waals surface area contributed by atoms with E-state index in [-0.39, 0.29) is 12.6 Å². The Bertz CT molecular complexity index is 302. The van der Waals surface area contributed by atoms with Gasteiger partial charge in [-0.05, 0) is 13.0 Å². The number of carbonyl (C=O) groups is 1. The van der Waals surface area contributed by atoms with Crippen LogP contribution < -0.4 is 10.6 Å². The lowest BCUT2D eigenvalue weighted by molar-refractivity contribution is -0.139. The van der Waals surface area contributed by atoms with Gasteiger partial charge in [0.05, 0.1) is 25.7 Å². The molecule has 0 saturated carbocycles. The third-order valence-corrected chi connectivity index (χ3v) is 2.89. The molecule has 0 spiro atoms. The number of carbonyl (C=O) groups excluding carboxylic acids is 1. The molecule has 0 aromatic carbocycles. The van der Waals surface area contributed by atoms with Crippen molar-refractivity contribution in [1.82, 2.24) is 10.6 Å². The van der Waals surface area contributed by atoms with E-state index in [0.29, 0.717) is 13.2 Å². The fraction of sp³-hybridized carbons (Fsp3) is 0.909. The fourth-order valence-electron chi connectivity index (χ4n) is 1.76. The van der Waals surface area contributed by atoms with Crippen LogP contribution in [0.4, 0.5) is 17.6 Å². The van der Waals surface area contributed by atoms with E-state index in [1.165, 1.54) is 0 Å². The summed E-state index contributed by atoms with van der Waals surface area (Å²) in [6.07, 6.45) is -2.93. The van der Waals surface area contributed by atoms with Crippen molar-refractivity contribution in [3.8, 4) is 0 Å². The highest BCUT2D eigenvalue weighted by atomic mass is 19.3. The fourth-order valence-corrected chi connectivity index (χ4v) is 1.76. The molecule has 1 amide bonds. The first-order chi connectivity index (χ1) is 8.88. The van der Waals surface area contributed by atoms with Gasteiger partial charge in [0.15, 0.2) is 0 Å². The van der Waals surface area contributed by atoms with Crippen molar-refractivity contribution in [1.29, 1.82) is 0 Å². The van der Waals surface area contributed by atoms with E-state index < -0.39 is 30.7 Å². The summed E-state index contributed by atoms with van der Waals surface area (Å²) in [5.41, 5.74) is 0. The molecule has 112 valence electrons. The van der Waals surface area contributed by atoms with Gasteiger partial charge in [-0.3, -0.25) is 4.79 Å². The number of hydrogen-bond donors (Lipinski definition) is 2. The highest BCUT2D eigenvalue weighted by molar-refractivity contribution is 5.79. The van der Waals surface area contributed by atoms with Crippen LogP contribution >= 0.6 is 0 Å². The van der Waals surface area contributed by atoms with E-state index in [0.717, 1.165) is 6.42 Å². The first-order valence-electron chi connectivity index (χ1n) is 6.13. The standard InChI is InChI=1S/C11H18F4N2O2/c1-2-3-16-8-5-19-4-7(8)9(18)17-6-11(14,15)10(12)13/h7-8,10,16H,2-6H2,1H3,(H,17,18). The second kappa shape index (κ2) is 7.04. The molecular weight excluding hydrogens is 268 g/mol. The summed E-state index contributed by atoms with van der Waals surface area (Å²) < 4.78 is 54.4. The number of nitrogens with one attached hydrogen (secondary N) is 2. The van der Waals surface area contributed by atoms with Gasteiger partial charge < -0.3 is 15.4 Å². The summed E-state index contributed by atoms with van der Waals surface area (Å²) in [6, 6.07) is -0.264. The molecule has 19 heavy (non-hydrogen) atoms. The van der Waals surface area contributed by atoms with Crippen LogP contribution in [0.5, 0.6) is 0 Å². The van der Waals surface area contributed by atoms with E-state index in [2.05, 4.69) is 5.32 Å². The van der Waals surface area contributed by atoms with E-state index in [4.69, 9.17) is 4.74 Å². The molecule has 1 aliphatic rings. The normalized spacial score (nSPS) is 23.9. The van der Waals surface area contributed by atoms with Gasteiger partial charge in [0, 0.05) is 6.04 Å². The minimum atomic E-state index is -4.21. The average molecular weight is 286 g/mol. The number of amides is 1. The van der Waals surface area contributed by atoms with Gasteiger partial charge in [-0.2, -0.15) is 8.78 Å². The summed E-state index contributed by atoms with van der Waals surface area (Å²) in [4.78, 5) is 11.7. The monoisotopic (exact) mass is 286 g/mol. The number of hydrogen-bond acceptors (Lipinski definition) is 3. The SMILES string of the molecule is CCCNC1COCC1C(=O)NCC(F)(F)C(F)F. The van der Waals surface area contributed by atoms with Gasteiger partial charge in [0.1, 0.15) is 0 Å². The molecule has 0 aromatic heterocycles. The minimum absolute atomic E-state index is 0.105. The summed E-state index contributed by atoms with van der Waals surface area (Å²) >= 11 is 0. The van der Waals surface area contributed by atoms with Crippen LogP contribution in [-0.4, -0.2) is 50.6 Å². The van der Waals surface area contributed by atoms with Crippen molar-refractivity contribution in [2.75, 3.05) is 26.3 Å². The molecule has 1 saturated heterocycles. The molecule has 2 N–H and O–H groups in total. The third-order valence-electron chi connectivity index (χ3n) is 2.89. The lowest BCUT2D eigenvalue weighted by atomic mass is 10.0. The third kappa shape index (κ3) is 4.61. The van der Waals surface area contributed by atoms with Crippen molar-refractivity contribution in [3.63, 3.8) is 0 Å². The lowest BCUT2D eigenvalue weighted by Crippen LogP contribution is -2.48. The zero-order valence-electron chi connectivity index (χ0n) is 10.6. The first-order valence-corrected chi connectivity index (χ1v) is 6.13. The van der Waals surface area contributed by atoms with Crippen LogP contribution in [0, 0.1) is 5.92 Å². The second-order valence-electron chi connectivity index (χ2n) is 4.48. The molecule has 0 radical (unpaired) electrons. The van der Waals surface area contributed by atoms with Gasteiger partial charge >= 0.3 is 12.3 Å². The van der Waals surface area contributed by atoms with Crippen LogP contribution in [0.1, 0.15) is 13.3 Å². The van der Waals surface area contributed by atoms with Crippen LogP contribution in [0.2, 0.25) is 0 Å². The van der Waals surface area contributed by atoms with E-state index >= 15 is 0 Å². The maximum atomic E-state index is 12.7. The Labute approximate surface area is 108 Å². The molecule has 1 rings (SSSR count). The summed E-state index contributed by atoms with van der Waals surface area (Å²) in [5, 5.41) is 4.92. The Morgan fingerprint density at radius 3 is 2.68 bits per heavy atom. The second-order valence-corrected chi connectivity index (χ2v) is 4.48. The minimum Gasteiger partial charge on any atom is -0.379 e. The van der Waals surface area contributed by atoms with Gasteiger partial charge in [0.25, 0.3) is 0 Å². The van der Waals surface area contributed by atoms with E-state index in [1.807, 2.05) is 12.2 Å². The smallest absolute Gasteiger partial charge is 0.324 e. The number of ether oxygens (including phenoxy) is 1. The number of halogens is 4. The highest BCUT2D eigenvalue weighted by Crippen LogP contribution is 2.22. The van der Waals surface area contributed by atoms with Crippen LogP contribution in [0.15, 0.2) is 0 Å². The Balaban J connectivity index is 2.44. The van der Waals surface area contributed by atoms with Crippen LogP contribution in [-0.2, 0) is 9.53 Å². The van der Waals surface area contributed by atoms with E-state index in [9.17, 15) is 22.4 Å². The molecule has 1 heterocycles. The summed E-state index contributed by atoms with van der Waals surface area (Å²) in [6.45, 7) is 1.67. The highest BCUT2D eigenvalue weighted by Gasteiger charge is 2.42. The molecule has 0 aliphatic carbocycles. The van der Waals surface area contributed by atoms with E-state index in [1.54, 1.807) is 0 Å². The Morgan fingerprint density at radius 1 is 1.42 bits per heavy atom. The summed E-state index contributed by atoms with van der Waals surface area (Å²) in [7, 11) is 0. The molecule has 8 heteroatoms. The van der Waals surface area contributed by atoms with Gasteiger partial charge in [-0.15, -0.1) is 0 Å². The number of rotatable bonds is 7. The molecule has 2 unspecified atom stereocenters. The lowest BCUT2D eigenvalue weighted by Gasteiger charge is -2.20. The van der Waals surface area contributed by atoms with Crippen molar-refractivity contribution < 1.29 is 27.1 Å². The predicted octanol–water partition coefficient (Wildman–Crippen LogP) is 1.02. The largest absolute Gasteiger partial charge is 0.379 e. The van der Waals surface area contributed by atoms with Gasteiger partial charge in [-0.1, -0.05) is 6.92 Å². The molecule has 1 fully saturated rings. The predicted molar refractivity (Wildman–Crippen MR) is 60.4 cm³/mol. The van der Waals surface area contributed by atoms with Crippen molar-refractivity contribution >= 4 is 5.91 Å². The quantitative estimate of drug-likeness (QED) is 0.687. The number of alkyl halides is 4. The zero-order chi connectivity index (χ0) is 14.5. The summed E-state index contributed by atoms with van der Waals surface area (Å²) in [5.74, 6) is -5.52. The Hall–Kier alpha value is -0.890. The van der Waals surface area contributed by atoms with Crippen molar-refractivity contribution in [2.45, 2.75) is 31.7 Å². The molecule has 4 nitrogen and oxygen atoms in total. The molecule has 0 aromatic rings. The Morgan fingerprint density at radius 2 is 2.11 bits per heavy atom. The van der Waals surface area contributed by atoms with Crippen LogP contribution in [0.3, 0.4) is 0 Å². The van der Waals surface area contributed by atoms with Crippen molar-refractivity contribution in [2.24, 2.45) is 5.92 Å². The van der Waals surface area contributed by atoms with Gasteiger partial charge in [-0.25, -0.2) is 8.78 Å².